The second-order valence-electron chi connectivity index (χ2n) is 8.64. The maximum atomic E-state index is 13.0. The van der Waals surface area contributed by atoms with Crippen LogP contribution in [0.2, 0.25) is 0 Å². The molecule has 31 heavy (non-hydrogen) atoms. The number of hydrogen-bond donors (Lipinski definition) is 0. The highest BCUT2D eigenvalue weighted by Crippen LogP contribution is 2.35. The zero-order chi connectivity index (χ0) is 21.7. The molecule has 0 aromatic heterocycles. The highest BCUT2D eigenvalue weighted by atomic mass is 32.2. The first-order valence-corrected chi connectivity index (χ1v) is 12.7. The summed E-state index contributed by atoms with van der Waals surface area (Å²) in [7, 11) is -3.73. The molecule has 2 aliphatic rings. The summed E-state index contributed by atoms with van der Waals surface area (Å²) in [5, 5.41) is 0. The van der Waals surface area contributed by atoms with Crippen molar-refractivity contribution in [3.8, 4) is 0 Å². The Hall–Kier alpha value is -2.24. The maximum Gasteiger partial charge on any atom is 0.282 e. The molecule has 2 aromatic carbocycles. The van der Waals surface area contributed by atoms with Gasteiger partial charge >= 0.3 is 0 Å². The predicted molar refractivity (Wildman–Crippen MR) is 125 cm³/mol. The second kappa shape index (κ2) is 9.92. The van der Waals surface area contributed by atoms with Crippen molar-refractivity contribution in [1.82, 2.24) is 0 Å². The molecule has 0 amide bonds. The second-order valence-corrected chi connectivity index (χ2v) is 10.2. The van der Waals surface area contributed by atoms with Gasteiger partial charge in [0.25, 0.3) is 10.0 Å². The Morgan fingerprint density at radius 2 is 1.71 bits per heavy atom. The Labute approximate surface area is 186 Å². The minimum absolute atomic E-state index is 0.102. The number of sulfonamides is 1. The molecule has 0 aliphatic heterocycles. The normalized spacial score (nSPS) is 20.0. The summed E-state index contributed by atoms with van der Waals surface area (Å²) in [5.74, 6) is 0.411. The average molecular weight is 438 g/mol. The summed E-state index contributed by atoms with van der Waals surface area (Å²) in [4.78, 5) is 0.247. The van der Waals surface area contributed by atoms with Crippen molar-refractivity contribution < 1.29 is 13.2 Å². The van der Waals surface area contributed by atoms with Gasteiger partial charge in [-0.05, 0) is 61.8 Å². The first-order chi connectivity index (χ1) is 15.0. The fourth-order valence-corrected chi connectivity index (χ4v) is 5.66. The SMILES string of the molecule is Cc1ccc(S(=O)(=O)/N=C2/CCC=C2C(OCc2ccccc2)C2CCCCC2)cc1. The molecule has 1 fully saturated rings. The summed E-state index contributed by atoms with van der Waals surface area (Å²) >= 11 is 0. The van der Waals surface area contributed by atoms with Gasteiger partial charge in [-0.1, -0.05) is 73.4 Å². The third-order valence-electron chi connectivity index (χ3n) is 6.28. The first-order valence-electron chi connectivity index (χ1n) is 11.3. The molecule has 1 atom stereocenters. The van der Waals surface area contributed by atoms with Crippen LogP contribution in [0.5, 0.6) is 0 Å². The molecular weight excluding hydrogens is 406 g/mol. The molecule has 5 heteroatoms. The lowest BCUT2D eigenvalue weighted by Crippen LogP contribution is -2.30. The number of aryl methyl sites for hydroxylation is 1. The van der Waals surface area contributed by atoms with E-state index in [9.17, 15) is 8.42 Å². The fourth-order valence-electron chi connectivity index (χ4n) is 4.59. The molecule has 0 N–H and O–H groups in total. The maximum absolute atomic E-state index is 13.0. The van der Waals surface area contributed by atoms with Crippen LogP contribution in [-0.4, -0.2) is 20.2 Å². The van der Waals surface area contributed by atoms with E-state index in [1.54, 1.807) is 12.1 Å². The van der Waals surface area contributed by atoms with Crippen LogP contribution >= 0.6 is 0 Å². The van der Waals surface area contributed by atoms with Gasteiger partial charge in [0.2, 0.25) is 0 Å². The van der Waals surface area contributed by atoms with Crippen molar-refractivity contribution in [2.24, 2.45) is 10.3 Å². The van der Waals surface area contributed by atoms with E-state index in [0.29, 0.717) is 24.7 Å². The molecule has 0 spiro atoms. The van der Waals surface area contributed by atoms with Gasteiger partial charge in [0.1, 0.15) is 0 Å². The monoisotopic (exact) mass is 437 g/mol. The lowest BCUT2D eigenvalue weighted by molar-refractivity contribution is 0.0170. The predicted octanol–water partition coefficient (Wildman–Crippen LogP) is 6.01. The molecular formula is C26H31NO3S. The van der Waals surface area contributed by atoms with Gasteiger partial charge in [0.05, 0.1) is 23.3 Å². The van der Waals surface area contributed by atoms with Gasteiger partial charge in [0.15, 0.2) is 0 Å². The van der Waals surface area contributed by atoms with Gasteiger partial charge in [-0.15, -0.1) is 0 Å². The van der Waals surface area contributed by atoms with Crippen LogP contribution in [0.3, 0.4) is 0 Å². The molecule has 1 unspecified atom stereocenters. The van der Waals surface area contributed by atoms with Gasteiger partial charge in [-0.3, -0.25) is 0 Å². The Balaban J connectivity index is 1.60. The van der Waals surface area contributed by atoms with Crippen LogP contribution in [0.4, 0.5) is 0 Å². The van der Waals surface area contributed by atoms with Crippen LogP contribution in [-0.2, 0) is 21.4 Å². The van der Waals surface area contributed by atoms with Crippen LogP contribution < -0.4 is 0 Å². The molecule has 164 valence electrons. The largest absolute Gasteiger partial charge is 0.369 e. The summed E-state index contributed by atoms with van der Waals surface area (Å²) in [6, 6.07) is 17.1. The molecule has 0 heterocycles. The molecule has 2 aliphatic carbocycles. The van der Waals surface area contributed by atoms with Gasteiger partial charge in [-0.2, -0.15) is 12.8 Å². The Morgan fingerprint density at radius 3 is 2.42 bits per heavy atom. The topological polar surface area (TPSA) is 55.7 Å². The van der Waals surface area contributed by atoms with E-state index in [4.69, 9.17) is 4.74 Å². The molecule has 1 saturated carbocycles. The summed E-state index contributed by atoms with van der Waals surface area (Å²) < 4.78 is 36.7. The van der Waals surface area contributed by atoms with Crippen LogP contribution in [0.25, 0.3) is 0 Å². The highest BCUT2D eigenvalue weighted by Gasteiger charge is 2.32. The number of benzene rings is 2. The van der Waals surface area contributed by atoms with Gasteiger partial charge in [0, 0.05) is 0 Å². The summed E-state index contributed by atoms with van der Waals surface area (Å²) in [5.41, 5.74) is 3.81. The number of hydrogen-bond acceptors (Lipinski definition) is 3. The quantitative estimate of drug-likeness (QED) is 0.533. The van der Waals surface area contributed by atoms with Crippen LogP contribution in [0, 0.1) is 12.8 Å². The van der Waals surface area contributed by atoms with E-state index < -0.39 is 10.0 Å². The Morgan fingerprint density at radius 1 is 1.00 bits per heavy atom. The molecule has 0 saturated heterocycles. The molecule has 2 aromatic rings. The summed E-state index contributed by atoms with van der Waals surface area (Å²) in [6.07, 6.45) is 9.43. The third kappa shape index (κ3) is 5.52. The van der Waals surface area contributed by atoms with Crippen molar-refractivity contribution in [2.75, 3.05) is 0 Å². The Bertz CT molecular complexity index is 1030. The number of nitrogens with zero attached hydrogens (tertiary/aromatic N) is 1. The van der Waals surface area contributed by atoms with Gasteiger partial charge in [-0.25, -0.2) is 0 Å². The van der Waals surface area contributed by atoms with E-state index in [2.05, 4.69) is 22.6 Å². The number of rotatable bonds is 7. The van der Waals surface area contributed by atoms with Crippen molar-refractivity contribution in [2.45, 2.75) is 69.5 Å². The van der Waals surface area contributed by atoms with E-state index in [1.165, 1.54) is 19.3 Å². The third-order valence-corrected chi connectivity index (χ3v) is 7.61. The van der Waals surface area contributed by atoms with E-state index in [-0.39, 0.29) is 11.0 Å². The minimum atomic E-state index is -3.73. The van der Waals surface area contributed by atoms with Crippen molar-refractivity contribution in [1.29, 1.82) is 0 Å². The first kappa shape index (κ1) is 22.0. The molecule has 4 rings (SSSR count). The van der Waals surface area contributed by atoms with Crippen LogP contribution in [0.15, 0.2) is 75.5 Å². The Kier molecular flexibility index (Phi) is 7.03. The molecule has 0 bridgehead atoms. The van der Waals surface area contributed by atoms with Crippen LogP contribution in [0.1, 0.15) is 56.1 Å². The smallest absolute Gasteiger partial charge is 0.282 e. The highest BCUT2D eigenvalue weighted by molar-refractivity contribution is 7.90. The summed E-state index contributed by atoms with van der Waals surface area (Å²) in [6.45, 7) is 2.47. The van der Waals surface area contributed by atoms with Crippen molar-refractivity contribution in [3.63, 3.8) is 0 Å². The molecule has 4 nitrogen and oxygen atoms in total. The average Bonchev–Trinajstić information content (AvgIpc) is 3.23. The number of allylic oxidation sites excluding steroid dienone is 1. The van der Waals surface area contributed by atoms with Gasteiger partial charge < -0.3 is 4.74 Å². The van der Waals surface area contributed by atoms with E-state index in [1.807, 2.05) is 37.3 Å². The number of ether oxygens (including phenoxy) is 1. The lowest BCUT2D eigenvalue weighted by Gasteiger charge is -2.31. The minimum Gasteiger partial charge on any atom is -0.369 e. The zero-order valence-corrected chi connectivity index (χ0v) is 19.0. The van der Waals surface area contributed by atoms with Crippen molar-refractivity contribution in [3.05, 3.63) is 77.4 Å². The zero-order valence-electron chi connectivity index (χ0n) is 18.2. The van der Waals surface area contributed by atoms with E-state index in [0.717, 1.165) is 36.0 Å². The molecule has 0 radical (unpaired) electrons. The standard InChI is InChI=1S/C26H31NO3S/c1-20-15-17-23(18-16-20)31(28,29)27-25-14-8-13-24(25)26(22-11-6-3-7-12-22)30-19-21-9-4-2-5-10-21/h2,4-5,9-10,13,15-18,22,26H,3,6-8,11-12,14,19H2,1H3/b27-25-. The fraction of sp³-hybridized carbons (Fsp3) is 0.423. The van der Waals surface area contributed by atoms with E-state index >= 15 is 0 Å². The van der Waals surface area contributed by atoms with Crippen molar-refractivity contribution >= 4 is 15.7 Å². The lowest BCUT2D eigenvalue weighted by atomic mass is 9.82.